The van der Waals surface area contributed by atoms with Gasteiger partial charge in [0.05, 0.1) is 12.7 Å². The van der Waals surface area contributed by atoms with E-state index < -0.39 is 36.9 Å². The Morgan fingerprint density at radius 3 is 1.59 bits per heavy atom. The van der Waals surface area contributed by atoms with Crippen LogP contribution in [-0.2, 0) is 0 Å². The lowest BCUT2D eigenvalue weighted by Gasteiger charge is -2.33. The van der Waals surface area contributed by atoms with Crippen LogP contribution in [0.15, 0.2) is 45.3 Å². The van der Waals surface area contributed by atoms with Crippen LogP contribution in [0.3, 0.4) is 0 Å². The number of aryl methyl sites for hydroxylation is 2. The molecule has 148 valence electrons. The standard InChI is InChI=1S/C20H24Br2O5/c1-10-3-5-12(21)7-14(10)17(15-8-13(22)6-4-11(15)2)19(26)20(27)18(25)16(24)9-23/h3-8,16-20,23-27H,9H2,1-2H3/t16-,18-,19+,20+/m1/s1. The van der Waals surface area contributed by atoms with Crippen LogP contribution in [0.1, 0.15) is 28.2 Å². The summed E-state index contributed by atoms with van der Waals surface area (Å²) in [4.78, 5) is 0. The molecule has 0 heterocycles. The molecule has 0 aliphatic heterocycles. The number of rotatable bonds is 7. The van der Waals surface area contributed by atoms with Crippen molar-refractivity contribution in [2.24, 2.45) is 0 Å². The summed E-state index contributed by atoms with van der Waals surface area (Å²) >= 11 is 6.89. The molecule has 0 aliphatic carbocycles. The highest BCUT2D eigenvalue weighted by molar-refractivity contribution is 9.10. The van der Waals surface area contributed by atoms with E-state index in [-0.39, 0.29) is 0 Å². The molecule has 0 unspecified atom stereocenters. The van der Waals surface area contributed by atoms with E-state index >= 15 is 0 Å². The van der Waals surface area contributed by atoms with Gasteiger partial charge < -0.3 is 25.5 Å². The minimum absolute atomic E-state index is 0.657. The van der Waals surface area contributed by atoms with Crippen LogP contribution in [-0.4, -0.2) is 56.6 Å². The fourth-order valence-corrected chi connectivity index (χ4v) is 3.92. The van der Waals surface area contributed by atoms with E-state index in [1.165, 1.54) is 0 Å². The molecule has 4 atom stereocenters. The van der Waals surface area contributed by atoms with Crippen LogP contribution < -0.4 is 0 Å². The van der Waals surface area contributed by atoms with Gasteiger partial charge in [0.2, 0.25) is 0 Å². The SMILES string of the molecule is Cc1ccc(Br)cc1C(c1cc(Br)ccc1C)[C@H](O)[C@@H](O)[C@H](O)[C@H](O)CO. The number of aliphatic hydroxyl groups is 5. The van der Waals surface area contributed by atoms with E-state index in [4.69, 9.17) is 5.11 Å². The van der Waals surface area contributed by atoms with Crippen LogP contribution in [0.25, 0.3) is 0 Å². The zero-order chi connectivity index (χ0) is 20.3. The highest BCUT2D eigenvalue weighted by atomic mass is 79.9. The van der Waals surface area contributed by atoms with Crippen LogP contribution >= 0.6 is 31.9 Å². The van der Waals surface area contributed by atoms with E-state index in [1.807, 2.05) is 50.2 Å². The third kappa shape index (κ3) is 5.17. The summed E-state index contributed by atoms with van der Waals surface area (Å²) in [6, 6.07) is 11.3. The molecular weight excluding hydrogens is 480 g/mol. The lowest BCUT2D eigenvalue weighted by molar-refractivity contribution is -0.117. The minimum atomic E-state index is -1.69. The molecule has 2 rings (SSSR count). The Labute approximate surface area is 175 Å². The summed E-state index contributed by atoms with van der Waals surface area (Å²) in [5.41, 5.74) is 3.38. The first-order valence-corrected chi connectivity index (χ1v) is 10.1. The molecule has 0 aromatic heterocycles. The third-order valence-electron chi connectivity index (χ3n) is 4.78. The summed E-state index contributed by atoms with van der Waals surface area (Å²) in [7, 11) is 0. The summed E-state index contributed by atoms with van der Waals surface area (Å²) < 4.78 is 1.64. The van der Waals surface area contributed by atoms with Gasteiger partial charge in [0.1, 0.15) is 18.3 Å². The molecule has 7 heteroatoms. The Morgan fingerprint density at radius 1 is 0.741 bits per heavy atom. The molecule has 0 fully saturated rings. The first-order chi connectivity index (χ1) is 12.7. The Bertz CT molecular complexity index is 731. The Balaban J connectivity index is 2.59. The second-order valence-electron chi connectivity index (χ2n) is 6.70. The highest BCUT2D eigenvalue weighted by Gasteiger charge is 2.37. The molecule has 2 aromatic carbocycles. The van der Waals surface area contributed by atoms with Gasteiger partial charge in [-0.25, -0.2) is 0 Å². The van der Waals surface area contributed by atoms with E-state index in [1.54, 1.807) is 0 Å². The van der Waals surface area contributed by atoms with Crippen molar-refractivity contribution in [3.63, 3.8) is 0 Å². The van der Waals surface area contributed by atoms with Crippen molar-refractivity contribution in [3.8, 4) is 0 Å². The van der Waals surface area contributed by atoms with Crippen LogP contribution in [0, 0.1) is 13.8 Å². The number of hydrogen-bond donors (Lipinski definition) is 5. The fraction of sp³-hybridized carbons (Fsp3) is 0.400. The first-order valence-electron chi connectivity index (χ1n) is 8.52. The van der Waals surface area contributed by atoms with Gasteiger partial charge in [0, 0.05) is 14.9 Å². The van der Waals surface area contributed by atoms with Crippen molar-refractivity contribution in [2.45, 2.75) is 44.2 Å². The molecule has 2 aromatic rings. The quantitative estimate of drug-likeness (QED) is 0.399. The second kappa shape index (κ2) is 9.60. The van der Waals surface area contributed by atoms with Gasteiger partial charge in [-0.2, -0.15) is 0 Å². The minimum Gasteiger partial charge on any atom is -0.394 e. The molecule has 0 saturated carbocycles. The topological polar surface area (TPSA) is 101 Å². The fourth-order valence-electron chi connectivity index (χ4n) is 3.16. The molecule has 0 bridgehead atoms. The predicted molar refractivity (Wildman–Crippen MR) is 111 cm³/mol. The van der Waals surface area contributed by atoms with Crippen LogP contribution in [0.4, 0.5) is 0 Å². The smallest absolute Gasteiger partial charge is 0.111 e. The molecular formula is C20H24Br2O5. The normalized spacial score (nSPS) is 16.2. The lowest BCUT2D eigenvalue weighted by Crippen LogP contribution is -2.48. The van der Waals surface area contributed by atoms with E-state index in [0.717, 1.165) is 31.2 Å². The zero-order valence-electron chi connectivity index (χ0n) is 15.0. The molecule has 0 aliphatic rings. The Hall–Kier alpha value is -0.800. The predicted octanol–water partition coefficient (Wildman–Crippen LogP) is 2.40. The largest absolute Gasteiger partial charge is 0.394 e. The van der Waals surface area contributed by atoms with E-state index in [2.05, 4.69) is 31.9 Å². The third-order valence-corrected chi connectivity index (χ3v) is 5.76. The maximum Gasteiger partial charge on any atom is 0.111 e. The monoisotopic (exact) mass is 502 g/mol. The second-order valence-corrected chi connectivity index (χ2v) is 8.53. The van der Waals surface area contributed by atoms with Crippen molar-refractivity contribution in [1.82, 2.24) is 0 Å². The average Bonchev–Trinajstić information content (AvgIpc) is 2.65. The molecule has 5 nitrogen and oxygen atoms in total. The highest BCUT2D eigenvalue weighted by Crippen LogP contribution is 2.37. The first kappa shape index (κ1) is 22.5. The van der Waals surface area contributed by atoms with Crippen molar-refractivity contribution in [1.29, 1.82) is 0 Å². The summed E-state index contributed by atoms with van der Waals surface area (Å²) in [6.07, 6.45) is -6.31. The summed E-state index contributed by atoms with van der Waals surface area (Å²) in [6.45, 7) is 3.09. The average molecular weight is 504 g/mol. The molecule has 0 amide bonds. The number of halogens is 2. The summed E-state index contributed by atoms with van der Waals surface area (Å²) in [5, 5.41) is 50.3. The maximum absolute atomic E-state index is 11.0. The van der Waals surface area contributed by atoms with Gasteiger partial charge in [0.15, 0.2) is 0 Å². The Morgan fingerprint density at radius 2 is 1.19 bits per heavy atom. The number of aliphatic hydroxyl groups excluding tert-OH is 5. The van der Waals surface area contributed by atoms with Crippen molar-refractivity contribution >= 4 is 31.9 Å². The van der Waals surface area contributed by atoms with E-state index in [9.17, 15) is 20.4 Å². The zero-order valence-corrected chi connectivity index (χ0v) is 18.2. The Kier molecular flexibility index (Phi) is 8.00. The van der Waals surface area contributed by atoms with E-state index in [0.29, 0.717) is 0 Å². The van der Waals surface area contributed by atoms with Crippen molar-refractivity contribution in [3.05, 3.63) is 67.6 Å². The van der Waals surface area contributed by atoms with Crippen molar-refractivity contribution < 1.29 is 25.5 Å². The van der Waals surface area contributed by atoms with Gasteiger partial charge in [-0.15, -0.1) is 0 Å². The molecule has 0 spiro atoms. The van der Waals surface area contributed by atoms with Crippen LogP contribution in [0.5, 0.6) is 0 Å². The molecule has 0 radical (unpaired) electrons. The number of hydrogen-bond acceptors (Lipinski definition) is 5. The van der Waals surface area contributed by atoms with Crippen LogP contribution in [0.2, 0.25) is 0 Å². The van der Waals surface area contributed by atoms with Gasteiger partial charge in [-0.1, -0.05) is 44.0 Å². The summed E-state index contributed by atoms with van der Waals surface area (Å²) in [5.74, 6) is -0.657. The number of benzene rings is 2. The van der Waals surface area contributed by atoms with Gasteiger partial charge in [0.25, 0.3) is 0 Å². The lowest BCUT2D eigenvalue weighted by atomic mass is 9.79. The van der Waals surface area contributed by atoms with Gasteiger partial charge >= 0.3 is 0 Å². The molecule has 5 N–H and O–H groups in total. The van der Waals surface area contributed by atoms with Gasteiger partial charge in [-0.05, 0) is 60.4 Å². The van der Waals surface area contributed by atoms with Crippen molar-refractivity contribution in [2.75, 3.05) is 6.61 Å². The van der Waals surface area contributed by atoms with Gasteiger partial charge in [-0.3, -0.25) is 0 Å². The molecule has 0 saturated heterocycles. The molecule has 27 heavy (non-hydrogen) atoms. The maximum atomic E-state index is 11.0.